The van der Waals surface area contributed by atoms with Gasteiger partial charge in [-0.05, 0) is 28.1 Å². The summed E-state index contributed by atoms with van der Waals surface area (Å²) in [5.41, 5.74) is 6.48. The first-order valence-corrected chi connectivity index (χ1v) is 3.97. The lowest BCUT2D eigenvalue weighted by molar-refractivity contribution is 1.47. The number of nitriles is 1. The van der Waals surface area contributed by atoms with Crippen LogP contribution in [0.1, 0.15) is 5.56 Å². The molecule has 1 aromatic carbocycles. The summed E-state index contributed by atoms with van der Waals surface area (Å²) in [5.74, 6) is 0. The van der Waals surface area contributed by atoms with Gasteiger partial charge in [-0.25, -0.2) is 0 Å². The van der Waals surface area contributed by atoms with E-state index in [0.29, 0.717) is 20.7 Å². The molecule has 1 rings (SSSR count). The van der Waals surface area contributed by atoms with E-state index in [4.69, 9.17) is 22.6 Å². The van der Waals surface area contributed by atoms with Crippen LogP contribution in [-0.4, -0.2) is 0 Å². The zero-order chi connectivity index (χ0) is 8.43. The highest BCUT2D eigenvalue weighted by molar-refractivity contribution is 9.10. The lowest BCUT2D eigenvalue weighted by Crippen LogP contribution is -1.88. The zero-order valence-electron chi connectivity index (χ0n) is 5.44. The van der Waals surface area contributed by atoms with Gasteiger partial charge in [0, 0.05) is 4.47 Å². The molecule has 0 radical (unpaired) electrons. The third-order valence-corrected chi connectivity index (χ3v) is 2.18. The van der Waals surface area contributed by atoms with E-state index in [1.54, 1.807) is 6.07 Å². The molecule has 0 aliphatic carbocycles. The Morgan fingerprint density at radius 1 is 1.55 bits per heavy atom. The predicted octanol–water partition coefficient (Wildman–Crippen LogP) is 2.56. The average Bonchev–Trinajstić information content (AvgIpc) is 1.99. The Morgan fingerprint density at radius 3 is 2.64 bits per heavy atom. The van der Waals surface area contributed by atoms with Crippen molar-refractivity contribution in [3.63, 3.8) is 0 Å². The fraction of sp³-hybridized carbons (Fsp3) is 0. The van der Waals surface area contributed by atoms with Gasteiger partial charge in [0.2, 0.25) is 0 Å². The van der Waals surface area contributed by atoms with Crippen LogP contribution in [0.5, 0.6) is 0 Å². The molecule has 2 nitrogen and oxygen atoms in total. The Kier molecular flexibility index (Phi) is 2.38. The molecule has 11 heavy (non-hydrogen) atoms. The van der Waals surface area contributed by atoms with Gasteiger partial charge in [-0.1, -0.05) is 11.6 Å². The highest BCUT2D eigenvalue weighted by Gasteiger charge is 2.02. The van der Waals surface area contributed by atoms with Gasteiger partial charge >= 0.3 is 0 Å². The highest BCUT2D eigenvalue weighted by atomic mass is 79.9. The molecule has 0 unspecified atom stereocenters. The second kappa shape index (κ2) is 3.12. The molecule has 0 spiro atoms. The van der Waals surface area contributed by atoms with Gasteiger partial charge in [-0.3, -0.25) is 0 Å². The minimum absolute atomic E-state index is 0.399. The molecule has 0 aliphatic heterocycles. The maximum Gasteiger partial charge on any atom is 0.0992 e. The largest absolute Gasteiger partial charge is 0.397 e. The number of nitrogen functional groups attached to an aromatic ring is 1. The summed E-state index contributed by atoms with van der Waals surface area (Å²) in [6.07, 6.45) is 0. The van der Waals surface area contributed by atoms with Crippen molar-refractivity contribution in [1.29, 1.82) is 5.26 Å². The molecule has 1 aromatic rings. The number of halogens is 2. The maximum atomic E-state index is 8.51. The van der Waals surface area contributed by atoms with E-state index in [9.17, 15) is 0 Å². The first kappa shape index (κ1) is 8.38. The first-order chi connectivity index (χ1) is 5.15. The summed E-state index contributed by atoms with van der Waals surface area (Å²) in [6, 6.07) is 5.12. The third kappa shape index (κ3) is 1.65. The van der Waals surface area contributed by atoms with Crippen LogP contribution in [0.3, 0.4) is 0 Å². The summed E-state index contributed by atoms with van der Waals surface area (Å²) in [5, 5.41) is 8.91. The third-order valence-electron chi connectivity index (χ3n) is 1.21. The van der Waals surface area contributed by atoms with E-state index in [1.165, 1.54) is 6.07 Å². The highest BCUT2D eigenvalue weighted by Crippen LogP contribution is 2.28. The second-order valence-corrected chi connectivity index (χ2v) is 3.23. The monoisotopic (exact) mass is 230 g/mol. The molecule has 56 valence electrons. The van der Waals surface area contributed by atoms with E-state index in [-0.39, 0.29) is 0 Å². The Balaban J connectivity index is 3.35. The van der Waals surface area contributed by atoms with Crippen LogP contribution in [0.15, 0.2) is 16.6 Å². The molecular formula is C7H4BrClN2. The molecule has 4 heteroatoms. The fourth-order valence-corrected chi connectivity index (χ4v) is 1.44. The summed E-state index contributed by atoms with van der Waals surface area (Å²) in [4.78, 5) is 0. The molecule has 0 fully saturated rings. The summed E-state index contributed by atoms with van der Waals surface area (Å²) < 4.78 is 0.654. The minimum atomic E-state index is 0.399. The molecule has 0 saturated carbocycles. The average molecular weight is 231 g/mol. The van der Waals surface area contributed by atoms with Crippen molar-refractivity contribution < 1.29 is 0 Å². The smallest absolute Gasteiger partial charge is 0.0992 e. The Bertz CT molecular complexity index is 307. The van der Waals surface area contributed by atoms with Crippen molar-refractivity contribution >= 4 is 33.2 Å². The van der Waals surface area contributed by atoms with E-state index in [1.807, 2.05) is 6.07 Å². The minimum Gasteiger partial charge on any atom is -0.397 e. The topological polar surface area (TPSA) is 49.8 Å². The molecule has 0 aliphatic rings. The second-order valence-electron chi connectivity index (χ2n) is 1.97. The van der Waals surface area contributed by atoms with Crippen LogP contribution < -0.4 is 5.73 Å². The number of anilines is 1. The lowest BCUT2D eigenvalue weighted by atomic mass is 10.2. The van der Waals surface area contributed by atoms with Crippen LogP contribution in [0, 0.1) is 11.3 Å². The number of nitrogens with zero attached hydrogens (tertiary/aromatic N) is 1. The Hall–Kier alpha value is -0.720. The molecule has 0 heterocycles. The number of nitrogens with two attached hydrogens (primary N) is 1. The molecule has 0 bridgehead atoms. The standard InChI is InChI=1S/C7H4BrClN2/c8-5-1-4(3-10)2-6(9)7(5)11/h1-2H,11H2. The SMILES string of the molecule is N#Cc1cc(Cl)c(N)c(Br)c1. The van der Waals surface area contributed by atoms with Crippen LogP contribution in [-0.2, 0) is 0 Å². The predicted molar refractivity (Wildman–Crippen MR) is 48.3 cm³/mol. The quantitative estimate of drug-likeness (QED) is 0.698. The Morgan fingerprint density at radius 2 is 2.18 bits per heavy atom. The van der Waals surface area contributed by atoms with Crippen molar-refractivity contribution in [2.24, 2.45) is 0 Å². The first-order valence-electron chi connectivity index (χ1n) is 2.79. The summed E-state index contributed by atoms with van der Waals surface area (Å²) >= 11 is 8.87. The Labute approximate surface area is 77.7 Å². The van der Waals surface area contributed by atoms with Gasteiger partial charge in [0.1, 0.15) is 0 Å². The lowest BCUT2D eigenvalue weighted by Gasteiger charge is -2.00. The van der Waals surface area contributed by atoms with Crippen LogP contribution >= 0.6 is 27.5 Å². The van der Waals surface area contributed by atoms with Crippen molar-refractivity contribution in [1.82, 2.24) is 0 Å². The number of benzene rings is 1. The van der Waals surface area contributed by atoms with Gasteiger partial charge < -0.3 is 5.73 Å². The molecule has 2 N–H and O–H groups in total. The van der Waals surface area contributed by atoms with Gasteiger partial charge in [0.15, 0.2) is 0 Å². The number of hydrogen-bond donors (Lipinski definition) is 1. The summed E-state index contributed by atoms with van der Waals surface area (Å²) in [6.45, 7) is 0. The molecule has 0 saturated heterocycles. The van der Waals surface area contributed by atoms with Crippen LogP contribution in [0.2, 0.25) is 5.02 Å². The van der Waals surface area contributed by atoms with Crippen LogP contribution in [0.25, 0.3) is 0 Å². The summed E-state index contributed by atoms with van der Waals surface area (Å²) in [7, 11) is 0. The molecule has 0 amide bonds. The van der Waals surface area contributed by atoms with Crippen molar-refractivity contribution in [2.75, 3.05) is 5.73 Å². The molecule has 0 aromatic heterocycles. The van der Waals surface area contributed by atoms with Gasteiger partial charge in [-0.15, -0.1) is 0 Å². The van der Waals surface area contributed by atoms with Gasteiger partial charge in [0.05, 0.1) is 22.3 Å². The van der Waals surface area contributed by atoms with E-state index in [2.05, 4.69) is 15.9 Å². The van der Waals surface area contributed by atoms with E-state index < -0.39 is 0 Å². The van der Waals surface area contributed by atoms with Crippen molar-refractivity contribution in [3.8, 4) is 6.07 Å². The van der Waals surface area contributed by atoms with E-state index >= 15 is 0 Å². The zero-order valence-corrected chi connectivity index (χ0v) is 7.78. The van der Waals surface area contributed by atoms with Gasteiger partial charge in [-0.2, -0.15) is 5.26 Å². The van der Waals surface area contributed by atoms with E-state index in [0.717, 1.165) is 0 Å². The molecular weight excluding hydrogens is 227 g/mol. The molecule has 0 atom stereocenters. The van der Waals surface area contributed by atoms with Crippen molar-refractivity contribution in [3.05, 3.63) is 27.2 Å². The normalized spacial score (nSPS) is 9.18. The van der Waals surface area contributed by atoms with Crippen molar-refractivity contribution in [2.45, 2.75) is 0 Å². The van der Waals surface area contributed by atoms with Crippen LogP contribution in [0.4, 0.5) is 5.69 Å². The van der Waals surface area contributed by atoms with Gasteiger partial charge in [0.25, 0.3) is 0 Å². The maximum absolute atomic E-state index is 8.51. The number of hydrogen-bond acceptors (Lipinski definition) is 2. The number of rotatable bonds is 0. The fourth-order valence-electron chi connectivity index (χ4n) is 0.649.